The van der Waals surface area contributed by atoms with Crippen LogP contribution in [0.2, 0.25) is 0 Å². The summed E-state index contributed by atoms with van der Waals surface area (Å²) in [4.78, 5) is 70.6. The highest BCUT2D eigenvalue weighted by Gasteiger charge is 2.39. The number of amides is 5. The minimum absolute atomic E-state index is 0.0427. The van der Waals surface area contributed by atoms with Crippen LogP contribution in [0.5, 0.6) is 5.75 Å². The smallest absolute Gasteiger partial charge is 0.410 e. The second-order valence-electron chi connectivity index (χ2n) is 13.8. The summed E-state index contributed by atoms with van der Waals surface area (Å²) in [5.74, 6) is -0.311. The van der Waals surface area contributed by atoms with Gasteiger partial charge in [0.15, 0.2) is 0 Å². The highest BCUT2D eigenvalue weighted by atomic mass is 16.6. The maximum atomic E-state index is 13.2. The van der Waals surface area contributed by atoms with Crippen molar-refractivity contribution in [2.24, 2.45) is 0 Å². The monoisotopic (exact) mass is 676 g/mol. The Hall–Kier alpha value is -4.65. The molecule has 49 heavy (non-hydrogen) atoms. The number of carbonyl (C=O) groups is 5. The van der Waals surface area contributed by atoms with Crippen LogP contribution in [0.3, 0.4) is 0 Å². The molecule has 0 saturated carbocycles. The molecule has 0 radical (unpaired) electrons. The first-order valence-corrected chi connectivity index (χ1v) is 17.1. The van der Waals surface area contributed by atoms with E-state index < -0.39 is 17.6 Å². The predicted molar refractivity (Wildman–Crippen MR) is 185 cm³/mol. The molecule has 3 aliphatic heterocycles. The van der Waals surface area contributed by atoms with Crippen molar-refractivity contribution in [1.82, 2.24) is 20.0 Å². The molecule has 5 amide bonds. The molecule has 0 spiro atoms. The number of nitrogens with zero attached hydrogens (tertiary/aromatic N) is 5. The third-order valence-electron chi connectivity index (χ3n) is 9.11. The molecule has 0 bridgehead atoms. The topological polar surface area (TPSA) is 132 Å². The van der Waals surface area contributed by atoms with Gasteiger partial charge in [-0.3, -0.25) is 34.3 Å². The minimum atomic E-state index is -0.495. The largest absolute Gasteiger partial charge is 0.494 e. The van der Waals surface area contributed by atoms with E-state index in [-0.39, 0.29) is 30.7 Å². The number of fused-ring (bicyclic) bond motifs is 1. The summed E-state index contributed by atoms with van der Waals surface area (Å²) in [7, 11) is 0. The van der Waals surface area contributed by atoms with Crippen LogP contribution in [-0.2, 0) is 14.3 Å². The summed E-state index contributed by atoms with van der Waals surface area (Å²) >= 11 is 0. The lowest BCUT2D eigenvalue weighted by molar-refractivity contribution is -0.125. The molecule has 0 aliphatic carbocycles. The van der Waals surface area contributed by atoms with Crippen molar-refractivity contribution in [1.29, 1.82) is 0 Å². The molecule has 5 rings (SSSR count). The van der Waals surface area contributed by atoms with Gasteiger partial charge in [-0.2, -0.15) is 0 Å². The zero-order valence-electron chi connectivity index (χ0n) is 29.0. The summed E-state index contributed by atoms with van der Waals surface area (Å²) in [5, 5.41) is 2.08. The van der Waals surface area contributed by atoms with Crippen LogP contribution in [0.4, 0.5) is 16.2 Å². The Balaban J connectivity index is 1.01. The maximum absolute atomic E-state index is 13.2. The number of nitrogens with one attached hydrogen (secondary N) is 1. The van der Waals surface area contributed by atoms with Gasteiger partial charge in [-0.05, 0) is 83.0 Å². The van der Waals surface area contributed by atoms with Crippen molar-refractivity contribution >= 4 is 41.6 Å². The first kappa shape index (κ1) is 35.7. The zero-order valence-corrected chi connectivity index (χ0v) is 29.0. The number of hydrogen-bond donors (Lipinski definition) is 1. The molecule has 3 aliphatic rings. The second-order valence-corrected chi connectivity index (χ2v) is 13.8. The molecular formula is C36H48N6O7. The van der Waals surface area contributed by atoms with Crippen LogP contribution in [-0.4, -0.2) is 122 Å². The van der Waals surface area contributed by atoms with Gasteiger partial charge in [-0.25, -0.2) is 4.79 Å². The average Bonchev–Trinajstić information content (AvgIpc) is 3.34. The summed E-state index contributed by atoms with van der Waals surface area (Å²) in [5.41, 5.74) is 2.30. The molecule has 264 valence electrons. The van der Waals surface area contributed by atoms with Crippen molar-refractivity contribution < 1.29 is 33.4 Å². The standard InChI is InChI=1S/C36H48N6O7/c1-26(6-13-32(44)37-25-43)42-33(45)30-12-9-28(24-31(30)34(42)46)40-17-15-38(16-18-40)14-5-23-48-29-10-7-27(8-11-29)39-19-21-41(22-20-39)35(47)49-36(2,3)4/h7-12,24-26H,5-6,13-23H2,1-4H3,(H,37,43,44). The van der Waals surface area contributed by atoms with Gasteiger partial charge >= 0.3 is 6.09 Å². The van der Waals surface area contributed by atoms with Gasteiger partial charge < -0.3 is 24.2 Å². The molecule has 1 N–H and O–H groups in total. The van der Waals surface area contributed by atoms with Crippen molar-refractivity contribution in [3.05, 3.63) is 53.6 Å². The SMILES string of the molecule is CC(CCC(=O)NC=O)N1C(=O)c2ccc(N3CCN(CCCOc4ccc(N5CCN(C(=O)OC(C)(C)C)CC5)cc4)CC3)cc2C1=O. The van der Waals surface area contributed by atoms with Gasteiger partial charge in [0.05, 0.1) is 17.7 Å². The lowest BCUT2D eigenvalue weighted by atomic mass is 10.1. The number of piperazine rings is 2. The molecule has 2 saturated heterocycles. The van der Waals surface area contributed by atoms with Gasteiger partial charge in [0.25, 0.3) is 11.8 Å². The van der Waals surface area contributed by atoms with Crippen molar-refractivity contribution in [2.75, 3.05) is 75.3 Å². The number of imide groups is 2. The summed E-state index contributed by atoms with van der Waals surface area (Å²) in [6, 6.07) is 13.1. The fourth-order valence-corrected chi connectivity index (χ4v) is 6.39. The fraction of sp³-hybridized carbons (Fsp3) is 0.528. The number of rotatable bonds is 12. The Morgan fingerprint density at radius 2 is 1.47 bits per heavy atom. The minimum Gasteiger partial charge on any atom is -0.494 e. The number of hydrogen-bond acceptors (Lipinski definition) is 10. The Morgan fingerprint density at radius 3 is 2.12 bits per heavy atom. The van der Waals surface area contributed by atoms with E-state index in [0.717, 1.165) is 69.4 Å². The van der Waals surface area contributed by atoms with Crippen LogP contribution < -0.4 is 19.9 Å². The van der Waals surface area contributed by atoms with E-state index in [1.54, 1.807) is 24.0 Å². The van der Waals surface area contributed by atoms with E-state index in [1.165, 1.54) is 4.90 Å². The number of benzene rings is 2. The quantitative estimate of drug-likeness (QED) is 0.203. The fourth-order valence-electron chi connectivity index (χ4n) is 6.39. The molecule has 0 aromatic heterocycles. The van der Waals surface area contributed by atoms with Gasteiger partial charge in [-0.1, -0.05) is 0 Å². The van der Waals surface area contributed by atoms with Gasteiger partial charge in [0.1, 0.15) is 11.4 Å². The lowest BCUT2D eigenvalue weighted by Gasteiger charge is -2.36. The first-order valence-electron chi connectivity index (χ1n) is 17.1. The molecule has 13 heteroatoms. The van der Waals surface area contributed by atoms with Crippen LogP contribution in [0, 0.1) is 0 Å². The first-order chi connectivity index (χ1) is 23.4. The number of ether oxygens (including phenoxy) is 2. The normalized spacial score (nSPS) is 17.6. The van der Waals surface area contributed by atoms with E-state index in [4.69, 9.17) is 9.47 Å². The van der Waals surface area contributed by atoms with E-state index >= 15 is 0 Å². The van der Waals surface area contributed by atoms with Gasteiger partial charge in [0, 0.05) is 82.7 Å². The van der Waals surface area contributed by atoms with Crippen molar-refractivity contribution in [3.8, 4) is 5.75 Å². The van der Waals surface area contributed by atoms with E-state index in [1.807, 2.05) is 39.0 Å². The molecule has 2 aromatic carbocycles. The number of carbonyl (C=O) groups excluding carboxylic acids is 5. The molecule has 2 aromatic rings. The third-order valence-corrected chi connectivity index (χ3v) is 9.11. The van der Waals surface area contributed by atoms with Crippen LogP contribution >= 0.6 is 0 Å². The zero-order chi connectivity index (χ0) is 35.1. The van der Waals surface area contributed by atoms with E-state index in [0.29, 0.717) is 37.2 Å². The highest BCUT2D eigenvalue weighted by Crippen LogP contribution is 2.30. The van der Waals surface area contributed by atoms with Crippen LogP contribution in [0.15, 0.2) is 42.5 Å². The summed E-state index contributed by atoms with van der Waals surface area (Å²) in [6.07, 6.45) is 1.28. The Labute approximate surface area is 288 Å². The predicted octanol–water partition coefficient (Wildman–Crippen LogP) is 3.37. The maximum Gasteiger partial charge on any atom is 0.410 e. The Bertz CT molecular complexity index is 1510. The van der Waals surface area contributed by atoms with E-state index in [2.05, 4.69) is 32.1 Å². The molecular weight excluding hydrogens is 628 g/mol. The molecule has 1 unspecified atom stereocenters. The van der Waals surface area contributed by atoms with Crippen LogP contribution in [0.25, 0.3) is 0 Å². The average molecular weight is 677 g/mol. The molecule has 3 heterocycles. The lowest BCUT2D eigenvalue weighted by Crippen LogP contribution is -2.50. The van der Waals surface area contributed by atoms with E-state index in [9.17, 15) is 24.0 Å². The van der Waals surface area contributed by atoms with Gasteiger partial charge in [0.2, 0.25) is 12.3 Å². The summed E-state index contributed by atoms with van der Waals surface area (Å²) < 4.78 is 11.5. The molecule has 2 fully saturated rings. The number of anilines is 2. The highest BCUT2D eigenvalue weighted by molar-refractivity contribution is 6.22. The third kappa shape index (κ3) is 9.08. The van der Waals surface area contributed by atoms with Gasteiger partial charge in [-0.15, -0.1) is 0 Å². The van der Waals surface area contributed by atoms with Crippen molar-refractivity contribution in [2.45, 2.75) is 58.6 Å². The Morgan fingerprint density at radius 1 is 0.857 bits per heavy atom. The van der Waals surface area contributed by atoms with Crippen LogP contribution in [0.1, 0.15) is 67.7 Å². The molecule has 13 nitrogen and oxygen atoms in total. The summed E-state index contributed by atoms with van der Waals surface area (Å²) in [6.45, 7) is 15.0. The Kier molecular flexibility index (Phi) is 11.4. The molecule has 1 atom stereocenters. The van der Waals surface area contributed by atoms with Crippen molar-refractivity contribution in [3.63, 3.8) is 0 Å². The second kappa shape index (κ2) is 15.7.